The molecule has 0 aromatic rings. The SMILES string of the molecule is CN1CCN(C(=O)CC2COCCN2)C2(CCCCC2)C1. The molecular formula is C16H29N3O2. The van der Waals surface area contributed by atoms with Gasteiger partial charge in [-0.05, 0) is 19.9 Å². The summed E-state index contributed by atoms with van der Waals surface area (Å²) in [5.74, 6) is 0.327. The van der Waals surface area contributed by atoms with Crippen LogP contribution < -0.4 is 5.32 Å². The normalized spacial score (nSPS) is 30.5. The third-order valence-corrected chi connectivity index (χ3v) is 5.35. The Morgan fingerprint density at radius 3 is 2.81 bits per heavy atom. The molecule has 2 heterocycles. The molecular weight excluding hydrogens is 266 g/mol. The van der Waals surface area contributed by atoms with Gasteiger partial charge in [-0.3, -0.25) is 4.79 Å². The van der Waals surface area contributed by atoms with Crippen LogP contribution in [0.2, 0.25) is 0 Å². The minimum absolute atomic E-state index is 0.109. The molecule has 1 unspecified atom stereocenters. The molecule has 1 saturated carbocycles. The number of carbonyl (C=O) groups excluding carboxylic acids is 1. The molecule has 120 valence electrons. The highest BCUT2D eigenvalue weighted by Gasteiger charge is 2.43. The van der Waals surface area contributed by atoms with Crippen LogP contribution in [-0.2, 0) is 9.53 Å². The monoisotopic (exact) mass is 295 g/mol. The summed E-state index contributed by atoms with van der Waals surface area (Å²) in [5, 5.41) is 3.41. The van der Waals surface area contributed by atoms with E-state index in [1.54, 1.807) is 0 Å². The van der Waals surface area contributed by atoms with Crippen LogP contribution in [0.1, 0.15) is 38.5 Å². The van der Waals surface area contributed by atoms with Crippen LogP contribution in [-0.4, -0.2) is 73.7 Å². The number of hydrogen-bond acceptors (Lipinski definition) is 4. The van der Waals surface area contributed by atoms with E-state index in [1.807, 2.05) is 0 Å². The first kappa shape index (κ1) is 15.3. The molecule has 21 heavy (non-hydrogen) atoms. The zero-order valence-electron chi connectivity index (χ0n) is 13.3. The van der Waals surface area contributed by atoms with Crippen LogP contribution in [0, 0.1) is 0 Å². The van der Waals surface area contributed by atoms with E-state index in [0.29, 0.717) is 18.9 Å². The van der Waals surface area contributed by atoms with Gasteiger partial charge in [0.2, 0.25) is 5.91 Å². The molecule has 1 atom stereocenters. The van der Waals surface area contributed by atoms with Crippen molar-refractivity contribution >= 4 is 5.91 Å². The number of morpholine rings is 1. The molecule has 1 N–H and O–H groups in total. The molecule has 5 nitrogen and oxygen atoms in total. The van der Waals surface area contributed by atoms with Gasteiger partial charge in [0.05, 0.1) is 18.8 Å². The summed E-state index contributed by atoms with van der Waals surface area (Å²) in [6.07, 6.45) is 6.80. The molecule has 5 heteroatoms. The van der Waals surface area contributed by atoms with Crippen LogP contribution in [0.15, 0.2) is 0 Å². The zero-order chi connectivity index (χ0) is 14.7. The van der Waals surface area contributed by atoms with Gasteiger partial charge in [-0.2, -0.15) is 0 Å². The largest absolute Gasteiger partial charge is 0.378 e. The van der Waals surface area contributed by atoms with Crippen molar-refractivity contribution in [3.8, 4) is 0 Å². The fourth-order valence-electron chi connectivity index (χ4n) is 4.27. The average Bonchev–Trinajstić information content (AvgIpc) is 2.49. The number of amides is 1. The summed E-state index contributed by atoms with van der Waals surface area (Å²) in [5.41, 5.74) is 0.109. The average molecular weight is 295 g/mol. The van der Waals surface area contributed by atoms with Gasteiger partial charge in [0, 0.05) is 38.6 Å². The standard InChI is InChI=1S/C16H29N3O2/c1-18-8-9-19(16(13-18)5-3-2-4-6-16)15(20)11-14-12-21-10-7-17-14/h14,17H,2-13H2,1H3. The van der Waals surface area contributed by atoms with E-state index >= 15 is 0 Å². The number of likely N-dealkylation sites (N-methyl/N-ethyl adjacent to an activating group) is 1. The van der Waals surface area contributed by atoms with Crippen molar-refractivity contribution in [2.24, 2.45) is 0 Å². The predicted octanol–water partition coefficient (Wildman–Crippen LogP) is 0.842. The third kappa shape index (κ3) is 3.41. The Morgan fingerprint density at radius 2 is 2.10 bits per heavy atom. The van der Waals surface area contributed by atoms with Crippen LogP contribution in [0.5, 0.6) is 0 Å². The molecule has 0 aromatic heterocycles. The van der Waals surface area contributed by atoms with Gasteiger partial charge < -0.3 is 19.9 Å². The van der Waals surface area contributed by atoms with Gasteiger partial charge in [0.1, 0.15) is 0 Å². The molecule has 1 aliphatic carbocycles. The van der Waals surface area contributed by atoms with E-state index in [9.17, 15) is 4.79 Å². The third-order valence-electron chi connectivity index (χ3n) is 5.35. The summed E-state index contributed by atoms with van der Waals surface area (Å²) >= 11 is 0. The van der Waals surface area contributed by atoms with E-state index in [-0.39, 0.29) is 11.6 Å². The molecule has 3 fully saturated rings. The fourth-order valence-corrected chi connectivity index (χ4v) is 4.27. The lowest BCUT2D eigenvalue weighted by molar-refractivity contribution is -0.145. The predicted molar refractivity (Wildman–Crippen MR) is 82.3 cm³/mol. The Balaban J connectivity index is 1.66. The van der Waals surface area contributed by atoms with E-state index in [1.165, 1.54) is 32.1 Å². The maximum Gasteiger partial charge on any atom is 0.224 e. The Hall–Kier alpha value is -0.650. The zero-order valence-corrected chi connectivity index (χ0v) is 13.3. The molecule has 1 amide bonds. The maximum atomic E-state index is 12.9. The second kappa shape index (κ2) is 6.63. The van der Waals surface area contributed by atoms with E-state index in [0.717, 1.165) is 32.8 Å². The molecule has 3 aliphatic rings. The Kier molecular flexibility index (Phi) is 4.82. The lowest BCUT2D eigenvalue weighted by Crippen LogP contribution is -2.64. The number of nitrogens with zero attached hydrogens (tertiary/aromatic N) is 2. The number of piperazine rings is 1. The van der Waals surface area contributed by atoms with E-state index < -0.39 is 0 Å². The number of hydrogen-bond donors (Lipinski definition) is 1. The van der Waals surface area contributed by atoms with Crippen molar-refractivity contribution in [1.29, 1.82) is 0 Å². The van der Waals surface area contributed by atoms with Crippen LogP contribution >= 0.6 is 0 Å². The highest BCUT2D eigenvalue weighted by molar-refractivity contribution is 5.78. The lowest BCUT2D eigenvalue weighted by atomic mass is 9.78. The summed E-state index contributed by atoms with van der Waals surface area (Å²) in [7, 11) is 2.19. The van der Waals surface area contributed by atoms with Crippen molar-refractivity contribution in [1.82, 2.24) is 15.1 Å². The van der Waals surface area contributed by atoms with Crippen LogP contribution in [0.4, 0.5) is 0 Å². The molecule has 0 aromatic carbocycles. The number of nitrogens with one attached hydrogen (secondary N) is 1. The van der Waals surface area contributed by atoms with Gasteiger partial charge in [0.25, 0.3) is 0 Å². The van der Waals surface area contributed by atoms with Crippen molar-refractivity contribution < 1.29 is 9.53 Å². The first-order valence-electron chi connectivity index (χ1n) is 8.50. The maximum absolute atomic E-state index is 12.9. The first-order chi connectivity index (χ1) is 10.2. The number of ether oxygens (including phenoxy) is 1. The van der Waals surface area contributed by atoms with Gasteiger partial charge >= 0.3 is 0 Å². The van der Waals surface area contributed by atoms with Crippen molar-refractivity contribution in [3.63, 3.8) is 0 Å². The Bertz CT molecular complexity index is 363. The minimum atomic E-state index is 0.109. The highest BCUT2D eigenvalue weighted by Crippen LogP contribution is 2.36. The highest BCUT2D eigenvalue weighted by atomic mass is 16.5. The van der Waals surface area contributed by atoms with Crippen molar-refractivity contribution in [2.45, 2.75) is 50.1 Å². The van der Waals surface area contributed by atoms with Crippen molar-refractivity contribution in [2.75, 3.05) is 46.4 Å². The van der Waals surface area contributed by atoms with Crippen molar-refractivity contribution in [3.05, 3.63) is 0 Å². The molecule has 2 aliphatic heterocycles. The second-order valence-corrected chi connectivity index (χ2v) is 7.00. The molecule has 1 spiro atoms. The van der Waals surface area contributed by atoms with Gasteiger partial charge in [-0.15, -0.1) is 0 Å². The lowest BCUT2D eigenvalue weighted by Gasteiger charge is -2.52. The van der Waals surface area contributed by atoms with E-state index in [4.69, 9.17) is 4.74 Å². The van der Waals surface area contributed by atoms with Gasteiger partial charge in [0.15, 0.2) is 0 Å². The summed E-state index contributed by atoms with van der Waals surface area (Å²) in [6, 6.07) is 0.201. The number of carbonyl (C=O) groups is 1. The Labute approximate surface area is 128 Å². The topological polar surface area (TPSA) is 44.8 Å². The smallest absolute Gasteiger partial charge is 0.224 e. The molecule has 0 radical (unpaired) electrons. The molecule has 3 rings (SSSR count). The second-order valence-electron chi connectivity index (χ2n) is 7.00. The van der Waals surface area contributed by atoms with Gasteiger partial charge in [-0.1, -0.05) is 19.3 Å². The Morgan fingerprint density at radius 1 is 1.29 bits per heavy atom. The molecule has 2 saturated heterocycles. The first-order valence-corrected chi connectivity index (χ1v) is 8.50. The quantitative estimate of drug-likeness (QED) is 0.820. The van der Waals surface area contributed by atoms with Crippen LogP contribution in [0.25, 0.3) is 0 Å². The molecule has 0 bridgehead atoms. The summed E-state index contributed by atoms with van der Waals surface area (Å²) in [4.78, 5) is 17.5. The van der Waals surface area contributed by atoms with Crippen LogP contribution in [0.3, 0.4) is 0 Å². The number of rotatable bonds is 2. The summed E-state index contributed by atoms with van der Waals surface area (Å²) < 4.78 is 5.48. The minimum Gasteiger partial charge on any atom is -0.378 e. The fraction of sp³-hybridized carbons (Fsp3) is 0.938. The van der Waals surface area contributed by atoms with E-state index in [2.05, 4.69) is 22.2 Å². The van der Waals surface area contributed by atoms with Gasteiger partial charge in [-0.25, -0.2) is 0 Å². The summed E-state index contributed by atoms with van der Waals surface area (Å²) in [6.45, 7) is 5.25.